The van der Waals surface area contributed by atoms with Crippen molar-refractivity contribution in [3.8, 4) is 0 Å². The molecule has 2 atom stereocenters. The maximum atomic E-state index is 12.4. The van der Waals surface area contributed by atoms with Gasteiger partial charge < -0.3 is 19.5 Å². The molecule has 0 radical (unpaired) electrons. The van der Waals surface area contributed by atoms with Crippen molar-refractivity contribution in [2.75, 3.05) is 32.7 Å². The number of anilines is 1. The first kappa shape index (κ1) is 23.9. The van der Waals surface area contributed by atoms with E-state index in [0.29, 0.717) is 12.8 Å². The number of methoxy groups -OCH3 is 2. The molecule has 1 aromatic rings. The van der Waals surface area contributed by atoms with Crippen molar-refractivity contribution in [1.29, 1.82) is 0 Å². The quantitative estimate of drug-likeness (QED) is 0.356. The van der Waals surface area contributed by atoms with Gasteiger partial charge in [-0.25, -0.2) is 9.59 Å². The Bertz CT molecular complexity index is 980. The zero-order valence-electron chi connectivity index (χ0n) is 18.3. The van der Waals surface area contributed by atoms with Crippen LogP contribution < -0.4 is 5.32 Å². The van der Waals surface area contributed by atoms with Crippen molar-refractivity contribution in [3.63, 3.8) is 0 Å². The highest BCUT2D eigenvalue weighted by Gasteiger charge is 2.48. The highest BCUT2D eigenvalue weighted by Crippen LogP contribution is 2.37. The third-order valence-electron chi connectivity index (χ3n) is 5.70. The molecule has 1 saturated carbocycles. The van der Waals surface area contributed by atoms with E-state index in [1.807, 2.05) is 0 Å². The Hall–Kier alpha value is -3.76. The molecule has 2 unspecified atom stereocenters. The van der Waals surface area contributed by atoms with Gasteiger partial charge in [-0.2, -0.15) is 0 Å². The Labute approximate surface area is 189 Å². The topological polar surface area (TPSA) is 145 Å². The molecule has 0 aromatic heterocycles. The van der Waals surface area contributed by atoms with Crippen LogP contribution in [-0.2, 0) is 33.4 Å². The summed E-state index contributed by atoms with van der Waals surface area (Å²) in [6, 6.07) is 3.83. The average molecular weight is 460 g/mol. The van der Waals surface area contributed by atoms with Crippen LogP contribution in [0.4, 0.5) is 5.69 Å². The average Bonchev–Trinajstić information content (AvgIpc) is 3.06. The molecule has 1 saturated heterocycles. The highest BCUT2D eigenvalue weighted by atomic mass is 16.5. The Morgan fingerprint density at radius 3 is 2.15 bits per heavy atom. The standard InChI is InChI=1S/C22H24N2O9/c1-31-21(29)12-7-8-15(22(30)32-2)16(9-12)23-17(25)11-33-18(26)10-24-19(27)13-5-3-4-6-14(13)20(24)28/h7-9,13-14H,3-6,10-11H2,1-2H3,(H,23,25). The number of carbonyl (C=O) groups excluding carboxylic acids is 6. The van der Waals surface area contributed by atoms with Crippen LogP contribution in [0, 0.1) is 11.8 Å². The summed E-state index contributed by atoms with van der Waals surface area (Å²) in [5.41, 5.74) is 0.00504. The third-order valence-corrected chi connectivity index (χ3v) is 5.70. The van der Waals surface area contributed by atoms with E-state index in [0.717, 1.165) is 24.9 Å². The van der Waals surface area contributed by atoms with Gasteiger partial charge in [-0.1, -0.05) is 12.8 Å². The molecule has 0 spiro atoms. The summed E-state index contributed by atoms with van der Waals surface area (Å²) in [5, 5.41) is 2.38. The molecule has 176 valence electrons. The van der Waals surface area contributed by atoms with Gasteiger partial charge in [0.25, 0.3) is 5.91 Å². The molecule has 1 aromatic carbocycles. The van der Waals surface area contributed by atoms with Crippen LogP contribution in [-0.4, -0.2) is 67.9 Å². The zero-order chi connectivity index (χ0) is 24.1. The van der Waals surface area contributed by atoms with Gasteiger partial charge in [0.2, 0.25) is 11.8 Å². The lowest BCUT2D eigenvalue weighted by Gasteiger charge is -2.19. The number of benzene rings is 1. The number of esters is 3. The molecule has 3 rings (SSSR count). The molecule has 1 aliphatic carbocycles. The van der Waals surface area contributed by atoms with E-state index in [2.05, 4.69) is 14.8 Å². The molecule has 2 aliphatic rings. The van der Waals surface area contributed by atoms with Crippen LogP contribution >= 0.6 is 0 Å². The molecule has 0 bridgehead atoms. The number of hydrogen-bond donors (Lipinski definition) is 1. The van der Waals surface area contributed by atoms with E-state index in [1.165, 1.54) is 25.3 Å². The van der Waals surface area contributed by atoms with E-state index in [9.17, 15) is 28.8 Å². The Morgan fingerprint density at radius 2 is 1.58 bits per heavy atom. The lowest BCUT2D eigenvalue weighted by molar-refractivity contribution is -0.154. The largest absolute Gasteiger partial charge is 0.465 e. The van der Waals surface area contributed by atoms with E-state index in [1.54, 1.807) is 0 Å². The molecule has 11 heteroatoms. The fourth-order valence-electron chi connectivity index (χ4n) is 4.07. The minimum Gasteiger partial charge on any atom is -0.465 e. The molecule has 1 heterocycles. The maximum absolute atomic E-state index is 12.4. The predicted molar refractivity (Wildman–Crippen MR) is 111 cm³/mol. The fourth-order valence-corrected chi connectivity index (χ4v) is 4.07. The number of amides is 3. The van der Waals surface area contributed by atoms with Gasteiger partial charge in [0.1, 0.15) is 6.54 Å². The van der Waals surface area contributed by atoms with Crippen LogP contribution in [0.25, 0.3) is 0 Å². The van der Waals surface area contributed by atoms with Gasteiger partial charge >= 0.3 is 17.9 Å². The summed E-state index contributed by atoms with van der Waals surface area (Å²) in [4.78, 5) is 74.0. The SMILES string of the molecule is COC(=O)c1ccc(C(=O)OC)c(NC(=O)COC(=O)CN2C(=O)C3CCCCC3C2=O)c1. The molecular weight excluding hydrogens is 436 g/mol. The first-order valence-electron chi connectivity index (χ1n) is 10.4. The maximum Gasteiger partial charge on any atom is 0.339 e. The van der Waals surface area contributed by atoms with Crippen LogP contribution in [0.15, 0.2) is 18.2 Å². The van der Waals surface area contributed by atoms with Crippen LogP contribution in [0.5, 0.6) is 0 Å². The van der Waals surface area contributed by atoms with Crippen LogP contribution in [0.2, 0.25) is 0 Å². The second kappa shape index (κ2) is 10.2. The van der Waals surface area contributed by atoms with Crippen molar-refractivity contribution in [2.24, 2.45) is 11.8 Å². The summed E-state index contributed by atoms with van der Waals surface area (Å²) in [5.74, 6) is -4.70. The number of imide groups is 1. The van der Waals surface area contributed by atoms with Gasteiger partial charge in [0.05, 0.1) is 42.9 Å². The van der Waals surface area contributed by atoms with Crippen molar-refractivity contribution in [3.05, 3.63) is 29.3 Å². The van der Waals surface area contributed by atoms with Gasteiger partial charge in [-0.05, 0) is 31.0 Å². The number of carbonyl (C=O) groups is 6. The summed E-state index contributed by atoms with van der Waals surface area (Å²) in [6.07, 6.45) is 2.97. The van der Waals surface area contributed by atoms with Crippen molar-refractivity contribution < 1.29 is 43.0 Å². The number of fused-ring (bicyclic) bond motifs is 1. The molecular formula is C22H24N2O9. The van der Waals surface area contributed by atoms with Crippen molar-refractivity contribution >= 4 is 41.3 Å². The Morgan fingerprint density at radius 1 is 0.970 bits per heavy atom. The summed E-state index contributed by atoms with van der Waals surface area (Å²) < 4.78 is 14.2. The number of ether oxygens (including phenoxy) is 3. The molecule has 2 fully saturated rings. The zero-order valence-corrected chi connectivity index (χ0v) is 18.3. The third kappa shape index (κ3) is 5.18. The molecule has 1 N–H and O–H groups in total. The summed E-state index contributed by atoms with van der Waals surface area (Å²) >= 11 is 0. The Balaban J connectivity index is 1.60. The van der Waals surface area contributed by atoms with E-state index >= 15 is 0 Å². The molecule has 33 heavy (non-hydrogen) atoms. The smallest absolute Gasteiger partial charge is 0.339 e. The van der Waals surface area contributed by atoms with Gasteiger partial charge in [0.15, 0.2) is 6.61 Å². The van der Waals surface area contributed by atoms with Crippen molar-refractivity contribution in [1.82, 2.24) is 4.90 Å². The van der Waals surface area contributed by atoms with Crippen molar-refractivity contribution in [2.45, 2.75) is 25.7 Å². The van der Waals surface area contributed by atoms with E-state index < -0.39 is 37.0 Å². The first-order valence-corrected chi connectivity index (χ1v) is 10.4. The second-order valence-corrected chi connectivity index (χ2v) is 7.71. The van der Waals surface area contributed by atoms with Gasteiger partial charge in [-0.15, -0.1) is 0 Å². The molecule has 3 amide bonds. The summed E-state index contributed by atoms with van der Waals surface area (Å²) in [6.45, 7) is -1.30. The summed E-state index contributed by atoms with van der Waals surface area (Å²) in [7, 11) is 2.33. The van der Waals surface area contributed by atoms with E-state index in [4.69, 9.17) is 4.74 Å². The lowest BCUT2D eigenvalue weighted by Crippen LogP contribution is -2.37. The van der Waals surface area contributed by atoms with Gasteiger partial charge in [0, 0.05) is 0 Å². The number of rotatable bonds is 7. The van der Waals surface area contributed by atoms with Crippen LogP contribution in [0.3, 0.4) is 0 Å². The predicted octanol–water partition coefficient (Wildman–Crippen LogP) is 0.917. The molecule has 1 aliphatic heterocycles. The normalized spacial score (nSPS) is 19.5. The fraction of sp³-hybridized carbons (Fsp3) is 0.455. The molecule has 11 nitrogen and oxygen atoms in total. The highest BCUT2D eigenvalue weighted by molar-refractivity contribution is 6.07. The first-order chi connectivity index (χ1) is 15.8. The number of nitrogens with zero attached hydrogens (tertiary/aromatic N) is 1. The lowest BCUT2D eigenvalue weighted by atomic mass is 9.81. The second-order valence-electron chi connectivity index (χ2n) is 7.71. The van der Waals surface area contributed by atoms with Gasteiger partial charge in [-0.3, -0.25) is 24.1 Å². The van der Waals surface area contributed by atoms with Crippen LogP contribution in [0.1, 0.15) is 46.4 Å². The van der Waals surface area contributed by atoms with E-state index in [-0.39, 0.29) is 40.5 Å². The minimum absolute atomic E-state index is 0.0271. The number of hydrogen-bond acceptors (Lipinski definition) is 9. The minimum atomic E-state index is -0.915. The number of likely N-dealkylation sites (tertiary alicyclic amines) is 1. The monoisotopic (exact) mass is 460 g/mol. The number of nitrogens with one attached hydrogen (secondary N) is 1. The Kier molecular flexibility index (Phi) is 7.41.